The molecule has 0 aliphatic carbocycles. The van der Waals surface area contributed by atoms with Crippen LogP contribution in [0.25, 0.3) is 10.9 Å². The molecule has 0 saturated carbocycles. The number of hydrogen-bond acceptors (Lipinski definition) is 3. The number of aromatic carboxylic acids is 1. The van der Waals surface area contributed by atoms with Crippen LogP contribution in [0.4, 0.5) is 0 Å². The number of unbranched alkanes of at least 4 members (excludes halogenated alkanes) is 1. The quantitative estimate of drug-likeness (QED) is 0.688. The maximum Gasteiger partial charge on any atom is 0.335 e. The first-order chi connectivity index (χ1) is 11.7. The standard InChI is InChI=1S/C20H19NO3/c1-2-3-6-15-13-19(17-7-4-5-8-18(17)21-15)24-16-11-9-14(10-12-16)20(22)23/h4-5,7-13H,2-3,6H2,1H3,(H,22,23). The number of fused-ring (bicyclic) bond motifs is 1. The Morgan fingerprint density at radius 3 is 2.58 bits per heavy atom. The molecule has 0 aliphatic rings. The summed E-state index contributed by atoms with van der Waals surface area (Å²) in [7, 11) is 0. The highest BCUT2D eigenvalue weighted by Crippen LogP contribution is 2.30. The second kappa shape index (κ2) is 7.13. The van der Waals surface area contributed by atoms with E-state index in [1.807, 2.05) is 30.3 Å². The topological polar surface area (TPSA) is 59.4 Å². The highest BCUT2D eigenvalue weighted by molar-refractivity contribution is 5.88. The van der Waals surface area contributed by atoms with Gasteiger partial charge in [0.2, 0.25) is 0 Å². The number of benzene rings is 2. The molecule has 0 spiro atoms. The van der Waals surface area contributed by atoms with Gasteiger partial charge in [0.25, 0.3) is 0 Å². The van der Waals surface area contributed by atoms with Gasteiger partial charge in [0, 0.05) is 17.1 Å². The van der Waals surface area contributed by atoms with Gasteiger partial charge >= 0.3 is 5.97 Å². The van der Waals surface area contributed by atoms with Crippen LogP contribution in [-0.2, 0) is 6.42 Å². The van der Waals surface area contributed by atoms with Crippen molar-refractivity contribution in [2.24, 2.45) is 0 Å². The summed E-state index contributed by atoms with van der Waals surface area (Å²) >= 11 is 0. The Labute approximate surface area is 140 Å². The first-order valence-electron chi connectivity index (χ1n) is 8.07. The Kier molecular flexibility index (Phi) is 4.75. The Bertz CT molecular complexity index is 856. The summed E-state index contributed by atoms with van der Waals surface area (Å²) < 4.78 is 6.01. The summed E-state index contributed by atoms with van der Waals surface area (Å²) in [5.74, 6) is 0.408. The molecule has 0 fully saturated rings. The molecule has 0 radical (unpaired) electrons. The van der Waals surface area contributed by atoms with Crippen LogP contribution in [0.3, 0.4) is 0 Å². The van der Waals surface area contributed by atoms with Crippen molar-refractivity contribution in [3.63, 3.8) is 0 Å². The summed E-state index contributed by atoms with van der Waals surface area (Å²) in [6.07, 6.45) is 3.11. The van der Waals surface area contributed by atoms with Gasteiger partial charge in [-0.15, -0.1) is 0 Å². The van der Waals surface area contributed by atoms with E-state index in [1.54, 1.807) is 24.3 Å². The fraction of sp³-hybridized carbons (Fsp3) is 0.200. The number of carboxylic acids is 1. The van der Waals surface area contributed by atoms with Crippen LogP contribution in [0.15, 0.2) is 54.6 Å². The third kappa shape index (κ3) is 3.54. The van der Waals surface area contributed by atoms with Gasteiger partial charge in [-0.05, 0) is 49.2 Å². The Hall–Kier alpha value is -2.88. The molecule has 3 rings (SSSR count). The van der Waals surface area contributed by atoms with E-state index in [0.29, 0.717) is 5.75 Å². The lowest BCUT2D eigenvalue weighted by atomic mass is 10.1. The molecule has 4 nitrogen and oxygen atoms in total. The Balaban J connectivity index is 1.96. The number of carbonyl (C=O) groups is 1. The molecule has 4 heteroatoms. The molecule has 0 bridgehead atoms. The molecule has 0 atom stereocenters. The predicted octanol–water partition coefficient (Wildman–Crippen LogP) is 5.07. The highest BCUT2D eigenvalue weighted by Gasteiger charge is 2.09. The third-order valence-electron chi connectivity index (χ3n) is 3.85. The van der Waals surface area contributed by atoms with Crippen LogP contribution in [0.1, 0.15) is 35.8 Å². The third-order valence-corrected chi connectivity index (χ3v) is 3.85. The van der Waals surface area contributed by atoms with Crippen LogP contribution in [0.2, 0.25) is 0 Å². The molecule has 122 valence electrons. The SMILES string of the molecule is CCCCc1cc(Oc2ccc(C(=O)O)cc2)c2ccccc2n1. The average Bonchev–Trinajstić information content (AvgIpc) is 2.60. The molecule has 1 N–H and O–H groups in total. The van der Waals surface area contributed by atoms with Crippen molar-refractivity contribution in [3.8, 4) is 11.5 Å². The van der Waals surface area contributed by atoms with E-state index in [-0.39, 0.29) is 5.56 Å². The largest absolute Gasteiger partial charge is 0.478 e. The van der Waals surface area contributed by atoms with Crippen LogP contribution >= 0.6 is 0 Å². The molecule has 0 unspecified atom stereocenters. The summed E-state index contributed by atoms with van der Waals surface area (Å²) in [5.41, 5.74) is 2.15. The van der Waals surface area contributed by atoms with Crippen molar-refractivity contribution in [1.29, 1.82) is 0 Å². The van der Waals surface area contributed by atoms with Crippen LogP contribution in [0.5, 0.6) is 11.5 Å². The number of ether oxygens (including phenoxy) is 1. The molecule has 0 aliphatic heterocycles. The molecule has 1 aromatic heterocycles. The molecular formula is C20H19NO3. The minimum atomic E-state index is -0.947. The lowest BCUT2D eigenvalue weighted by molar-refractivity contribution is 0.0697. The van der Waals surface area contributed by atoms with E-state index in [1.165, 1.54) is 0 Å². The fourth-order valence-corrected chi connectivity index (χ4v) is 2.56. The van der Waals surface area contributed by atoms with Crippen molar-refractivity contribution in [2.45, 2.75) is 26.2 Å². The van der Waals surface area contributed by atoms with E-state index in [9.17, 15) is 4.79 Å². The van der Waals surface area contributed by atoms with E-state index in [4.69, 9.17) is 14.8 Å². The van der Waals surface area contributed by atoms with Crippen molar-refractivity contribution >= 4 is 16.9 Å². The molecule has 24 heavy (non-hydrogen) atoms. The van der Waals surface area contributed by atoms with E-state index < -0.39 is 5.97 Å². The van der Waals surface area contributed by atoms with Gasteiger partial charge in [-0.1, -0.05) is 25.5 Å². The average molecular weight is 321 g/mol. The van der Waals surface area contributed by atoms with Crippen LogP contribution < -0.4 is 4.74 Å². The van der Waals surface area contributed by atoms with Gasteiger partial charge in [-0.3, -0.25) is 4.98 Å². The van der Waals surface area contributed by atoms with Crippen molar-refractivity contribution in [1.82, 2.24) is 4.98 Å². The number of hydrogen-bond donors (Lipinski definition) is 1. The van der Waals surface area contributed by atoms with Crippen LogP contribution in [0, 0.1) is 0 Å². The van der Waals surface area contributed by atoms with Gasteiger partial charge in [0.05, 0.1) is 11.1 Å². The van der Waals surface area contributed by atoms with E-state index in [0.717, 1.165) is 41.6 Å². The number of para-hydroxylation sites is 1. The number of aryl methyl sites for hydroxylation is 1. The first kappa shape index (κ1) is 16.0. The smallest absolute Gasteiger partial charge is 0.335 e. The Morgan fingerprint density at radius 2 is 1.88 bits per heavy atom. The molecule has 0 amide bonds. The van der Waals surface area contributed by atoms with Crippen molar-refractivity contribution in [3.05, 3.63) is 65.9 Å². The highest BCUT2D eigenvalue weighted by atomic mass is 16.5. The number of aromatic nitrogens is 1. The number of rotatable bonds is 6. The minimum absolute atomic E-state index is 0.241. The lowest BCUT2D eigenvalue weighted by Gasteiger charge is -2.11. The molecule has 2 aromatic carbocycles. The fourth-order valence-electron chi connectivity index (χ4n) is 2.56. The normalized spacial score (nSPS) is 10.7. The zero-order chi connectivity index (χ0) is 16.9. The van der Waals surface area contributed by atoms with E-state index in [2.05, 4.69) is 6.92 Å². The zero-order valence-electron chi connectivity index (χ0n) is 13.5. The minimum Gasteiger partial charge on any atom is -0.478 e. The predicted molar refractivity (Wildman–Crippen MR) is 93.8 cm³/mol. The number of carboxylic acid groups (broad SMARTS) is 1. The van der Waals surface area contributed by atoms with E-state index >= 15 is 0 Å². The second-order valence-corrected chi connectivity index (χ2v) is 5.66. The molecule has 1 heterocycles. The van der Waals surface area contributed by atoms with Gasteiger partial charge in [0.15, 0.2) is 0 Å². The van der Waals surface area contributed by atoms with Gasteiger partial charge in [0.1, 0.15) is 11.5 Å². The molecular weight excluding hydrogens is 302 g/mol. The monoisotopic (exact) mass is 321 g/mol. The Morgan fingerprint density at radius 1 is 1.12 bits per heavy atom. The maximum absolute atomic E-state index is 10.9. The second-order valence-electron chi connectivity index (χ2n) is 5.66. The van der Waals surface area contributed by atoms with Gasteiger partial charge in [-0.25, -0.2) is 4.79 Å². The lowest BCUT2D eigenvalue weighted by Crippen LogP contribution is -1.96. The summed E-state index contributed by atoms with van der Waals surface area (Å²) in [6, 6.07) is 16.3. The maximum atomic E-state index is 10.9. The first-order valence-corrected chi connectivity index (χ1v) is 8.07. The summed E-state index contributed by atoms with van der Waals surface area (Å²) in [5, 5.41) is 9.92. The van der Waals surface area contributed by atoms with Gasteiger partial charge in [-0.2, -0.15) is 0 Å². The van der Waals surface area contributed by atoms with Crippen LogP contribution in [-0.4, -0.2) is 16.1 Å². The molecule has 3 aromatic rings. The number of pyridine rings is 1. The summed E-state index contributed by atoms with van der Waals surface area (Å²) in [4.78, 5) is 15.6. The van der Waals surface area contributed by atoms with Gasteiger partial charge < -0.3 is 9.84 Å². The van der Waals surface area contributed by atoms with Crippen molar-refractivity contribution < 1.29 is 14.6 Å². The van der Waals surface area contributed by atoms with Crippen molar-refractivity contribution in [2.75, 3.05) is 0 Å². The molecule has 0 saturated heterocycles. The number of nitrogens with zero attached hydrogens (tertiary/aromatic N) is 1. The summed E-state index contributed by atoms with van der Waals surface area (Å²) in [6.45, 7) is 2.16. The zero-order valence-corrected chi connectivity index (χ0v) is 13.5.